The Morgan fingerprint density at radius 3 is 2.59 bits per heavy atom. The molecule has 0 fully saturated rings. The highest BCUT2D eigenvalue weighted by atomic mass is 35.5. The van der Waals surface area contributed by atoms with Gasteiger partial charge < -0.3 is 0 Å². The van der Waals surface area contributed by atoms with E-state index in [4.69, 9.17) is 11.6 Å². The fourth-order valence-corrected chi connectivity index (χ4v) is 1.47. The summed E-state index contributed by atoms with van der Waals surface area (Å²) in [5, 5.41) is -0.0863. The third kappa shape index (κ3) is 2.31. The van der Waals surface area contributed by atoms with E-state index >= 15 is 0 Å². The van der Waals surface area contributed by atoms with Gasteiger partial charge in [0.05, 0.1) is 16.8 Å². The molecule has 0 saturated carbocycles. The molecule has 0 aliphatic heterocycles. The molecule has 86 valence electrons. The first-order valence-corrected chi connectivity index (χ1v) is 5.06. The molecule has 0 amide bonds. The first-order chi connectivity index (χ1) is 8.09. The van der Waals surface area contributed by atoms with Gasteiger partial charge in [-0.25, -0.2) is 8.78 Å². The molecule has 0 bridgehead atoms. The van der Waals surface area contributed by atoms with Gasteiger partial charge in [0.2, 0.25) is 0 Å². The van der Waals surface area contributed by atoms with Crippen LogP contribution in [0.5, 0.6) is 0 Å². The number of carbonyl (C=O) groups excluding carboxylic acids is 1. The average molecular weight is 254 g/mol. The number of nitrogens with zero attached hydrogens (tertiary/aromatic N) is 1. The number of pyridine rings is 1. The SMILES string of the molecule is O=C(c1ccc(Cl)c(F)c1)c1ccncc1F. The lowest BCUT2D eigenvalue weighted by Crippen LogP contribution is -2.05. The minimum Gasteiger partial charge on any atom is -0.288 e. The van der Waals surface area contributed by atoms with E-state index in [1.54, 1.807) is 0 Å². The summed E-state index contributed by atoms with van der Waals surface area (Å²) in [6, 6.07) is 4.81. The molecular weight excluding hydrogens is 248 g/mol. The van der Waals surface area contributed by atoms with Crippen LogP contribution < -0.4 is 0 Å². The van der Waals surface area contributed by atoms with E-state index in [9.17, 15) is 13.6 Å². The Morgan fingerprint density at radius 1 is 1.18 bits per heavy atom. The number of rotatable bonds is 2. The van der Waals surface area contributed by atoms with Crippen LogP contribution in [0.4, 0.5) is 8.78 Å². The Balaban J connectivity index is 2.44. The molecule has 5 heteroatoms. The summed E-state index contributed by atoms with van der Waals surface area (Å²) in [7, 11) is 0. The molecule has 0 unspecified atom stereocenters. The van der Waals surface area contributed by atoms with Gasteiger partial charge in [0.15, 0.2) is 11.6 Å². The Labute approximate surface area is 101 Å². The van der Waals surface area contributed by atoms with E-state index < -0.39 is 17.4 Å². The van der Waals surface area contributed by atoms with Crippen LogP contribution >= 0.6 is 11.6 Å². The molecule has 17 heavy (non-hydrogen) atoms. The van der Waals surface area contributed by atoms with Gasteiger partial charge in [-0.3, -0.25) is 9.78 Å². The third-order valence-electron chi connectivity index (χ3n) is 2.20. The fourth-order valence-electron chi connectivity index (χ4n) is 1.35. The number of aromatic nitrogens is 1. The molecule has 1 aromatic carbocycles. The molecule has 0 aliphatic rings. The van der Waals surface area contributed by atoms with Crippen molar-refractivity contribution in [3.05, 3.63) is 64.4 Å². The van der Waals surface area contributed by atoms with Gasteiger partial charge in [-0.05, 0) is 24.3 Å². The largest absolute Gasteiger partial charge is 0.288 e. The number of carbonyl (C=O) groups is 1. The molecule has 1 aromatic heterocycles. The summed E-state index contributed by atoms with van der Waals surface area (Å²) in [5.74, 6) is -2.07. The Hall–Kier alpha value is -1.81. The van der Waals surface area contributed by atoms with Crippen molar-refractivity contribution in [1.82, 2.24) is 4.98 Å². The quantitative estimate of drug-likeness (QED) is 0.769. The lowest BCUT2D eigenvalue weighted by atomic mass is 10.0. The van der Waals surface area contributed by atoms with E-state index in [0.29, 0.717) is 0 Å². The number of benzene rings is 1. The maximum atomic E-state index is 13.3. The van der Waals surface area contributed by atoms with Crippen LogP contribution in [-0.2, 0) is 0 Å². The van der Waals surface area contributed by atoms with Crippen LogP contribution in [0.15, 0.2) is 36.7 Å². The van der Waals surface area contributed by atoms with Crippen molar-refractivity contribution in [3.8, 4) is 0 Å². The lowest BCUT2D eigenvalue weighted by Gasteiger charge is -2.03. The zero-order valence-corrected chi connectivity index (χ0v) is 9.21. The Kier molecular flexibility index (Phi) is 3.15. The van der Waals surface area contributed by atoms with Crippen molar-refractivity contribution in [2.75, 3.05) is 0 Å². The highest BCUT2D eigenvalue weighted by Crippen LogP contribution is 2.18. The second-order valence-corrected chi connectivity index (χ2v) is 3.72. The fraction of sp³-hybridized carbons (Fsp3) is 0. The molecule has 0 radical (unpaired) electrons. The van der Waals surface area contributed by atoms with E-state index in [0.717, 1.165) is 12.3 Å². The van der Waals surface area contributed by atoms with Crippen molar-refractivity contribution in [2.24, 2.45) is 0 Å². The van der Waals surface area contributed by atoms with Crippen LogP contribution in [0.2, 0.25) is 5.02 Å². The molecule has 0 atom stereocenters. The van der Waals surface area contributed by atoms with Gasteiger partial charge in [-0.2, -0.15) is 0 Å². The van der Waals surface area contributed by atoms with Crippen molar-refractivity contribution in [3.63, 3.8) is 0 Å². The predicted molar refractivity (Wildman–Crippen MR) is 59.0 cm³/mol. The van der Waals surface area contributed by atoms with Crippen LogP contribution in [0.25, 0.3) is 0 Å². The second kappa shape index (κ2) is 4.59. The van der Waals surface area contributed by atoms with Crippen molar-refractivity contribution in [2.45, 2.75) is 0 Å². The van der Waals surface area contributed by atoms with Gasteiger partial charge >= 0.3 is 0 Å². The molecular formula is C12H6ClF2NO. The summed E-state index contributed by atoms with van der Waals surface area (Å²) < 4.78 is 26.5. The van der Waals surface area contributed by atoms with Crippen LogP contribution in [0, 0.1) is 11.6 Å². The molecule has 1 heterocycles. The number of hydrogen-bond donors (Lipinski definition) is 0. The molecule has 2 rings (SSSR count). The van der Waals surface area contributed by atoms with Crippen LogP contribution in [-0.4, -0.2) is 10.8 Å². The summed E-state index contributed by atoms with van der Waals surface area (Å²) in [5.41, 5.74) is -0.112. The van der Waals surface area contributed by atoms with Gasteiger partial charge in [0.1, 0.15) is 5.82 Å². The standard InChI is InChI=1S/C12H6ClF2NO/c13-9-2-1-7(5-10(9)14)12(17)8-3-4-16-6-11(8)15/h1-6H. The molecule has 2 nitrogen and oxygen atoms in total. The minimum atomic E-state index is -0.743. The second-order valence-electron chi connectivity index (χ2n) is 3.31. The van der Waals surface area contributed by atoms with E-state index in [1.807, 2.05) is 0 Å². The highest BCUT2D eigenvalue weighted by molar-refractivity contribution is 6.30. The highest BCUT2D eigenvalue weighted by Gasteiger charge is 2.15. The van der Waals surface area contributed by atoms with E-state index in [-0.39, 0.29) is 16.1 Å². The Bertz CT molecular complexity index is 586. The monoisotopic (exact) mass is 253 g/mol. The van der Waals surface area contributed by atoms with Gasteiger partial charge in [-0.15, -0.1) is 0 Å². The minimum absolute atomic E-state index is 0.0389. The van der Waals surface area contributed by atoms with Crippen molar-refractivity contribution >= 4 is 17.4 Å². The predicted octanol–water partition coefficient (Wildman–Crippen LogP) is 3.24. The molecule has 0 aliphatic carbocycles. The summed E-state index contributed by atoms with van der Waals surface area (Å²) in [6.07, 6.45) is 2.22. The van der Waals surface area contributed by atoms with E-state index in [1.165, 1.54) is 24.4 Å². The lowest BCUT2D eigenvalue weighted by molar-refractivity contribution is 0.103. The summed E-state index contributed by atoms with van der Waals surface area (Å²) in [4.78, 5) is 15.4. The Morgan fingerprint density at radius 2 is 1.94 bits per heavy atom. The van der Waals surface area contributed by atoms with Crippen LogP contribution in [0.3, 0.4) is 0 Å². The average Bonchev–Trinajstić information content (AvgIpc) is 2.32. The summed E-state index contributed by atoms with van der Waals surface area (Å²) >= 11 is 5.49. The molecule has 0 spiro atoms. The number of hydrogen-bond acceptors (Lipinski definition) is 2. The van der Waals surface area contributed by atoms with Crippen molar-refractivity contribution < 1.29 is 13.6 Å². The summed E-state index contributed by atoms with van der Waals surface area (Å²) in [6.45, 7) is 0. The van der Waals surface area contributed by atoms with E-state index in [2.05, 4.69) is 4.98 Å². The maximum Gasteiger partial charge on any atom is 0.196 e. The molecule has 0 N–H and O–H groups in total. The van der Waals surface area contributed by atoms with Crippen molar-refractivity contribution in [1.29, 1.82) is 0 Å². The topological polar surface area (TPSA) is 30.0 Å². The third-order valence-corrected chi connectivity index (χ3v) is 2.51. The number of ketones is 1. The zero-order valence-electron chi connectivity index (χ0n) is 8.45. The van der Waals surface area contributed by atoms with Crippen LogP contribution in [0.1, 0.15) is 15.9 Å². The normalized spacial score (nSPS) is 10.3. The number of halogens is 3. The molecule has 0 saturated heterocycles. The first kappa shape index (κ1) is 11.7. The van der Waals surface area contributed by atoms with Gasteiger partial charge in [0, 0.05) is 11.8 Å². The zero-order chi connectivity index (χ0) is 12.4. The van der Waals surface area contributed by atoms with Gasteiger partial charge in [-0.1, -0.05) is 11.6 Å². The molecule has 2 aromatic rings. The maximum absolute atomic E-state index is 13.3. The first-order valence-electron chi connectivity index (χ1n) is 4.69. The van der Waals surface area contributed by atoms with Gasteiger partial charge in [0.25, 0.3) is 0 Å². The smallest absolute Gasteiger partial charge is 0.196 e.